The number of carbonyl (C=O) groups is 1. The number of rotatable bonds is 7. The van der Waals surface area contributed by atoms with E-state index in [0.717, 1.165) is 12.8 Å². The van der Waals surface area contributed by atoms with Crippen LogP contribution in [0.2, 0.25) is 0 Å². The van der Waals surface area contributed by atoms with E-state index in [4.69, 9.17) is 26.2 Å². The zero-order valence-corrected chi connectivity index (χ0v) is 16.3. The van der Waals surface area contributed by atoms with Gasteiger partial charge in [-0.3, -0.25) is 9.78 Å². The van der Waals surface area contributed by atoms with Crippen LogP contribution in [0, 0.1) is 23.2 Å². The van der Waals surface area contributed by atoms with E-state index in [-0.39, 0.29) is 24.1 Å². The third-order valence-electron chi connectivity index (χ3n) is 5.21. The molecule has 0 spiro atoms. The van der Waals surface area contributed by atoms with Crippen molar-refractivity contribution in [2.24, 2.45) is 23.3 Å². The third kappa shape index (κ3) is 5.85. The molecule has 1 aromatic heterocycles. The molecule has 2 fully saturated rings. The number of nitriles is 1. The quantitative estimate of drug-likeness (QED) is 0.378. The van der Waals surface area contributed by atoms with Crippen LogP contribution in [0.5, 0.6) is 5.75 Å². The average molecular weight is 403 g/mol. The van der Waals surface area contributed by atoms with Gasteiger partial charge < -0.3 is 36.9 Å². The van der Waals surface area contributed by atoms with Gasteiger partial charge in [-0.2, -0.15) is 5.26 Å². The number of ether oxygens (including phenoxy) is 2. The molecule has 3 heterocycles. The van der Waals surface area contributed by atoms with Crippen molar-refractivity contribution < 1.29 is 14.3 Å². The maximum absolute atomic E-state index is 13.0. The fourth-order valence-corrected chi connectivity index (χ4v) is 3.58. The second kappa shape index (κ2) is 10.5. The van der Waals surface area contributed by atoms with Gasteiger partial charge in [-0.1, -0.05) is 0 Å². The summed E-state index contributed by atoms with van der Waals surface area (Å²) >= 11 is 0. The summed E-state index contributed by atoms with van der Waals surface area (Å²) in [6.07, 6.45) is 3.99. The van der Waals surface area contributed by atoms with Crippen LogP contribution in [0.15, 0.2) is 18.5 Å². The minimum Gasteiger partial charge on any atom is -0.488 e. The Morgan fingerprint density at radius 3 is 2.76 bits per heavy atom. The van der Waals surface area contributed by atoms with Crippen LogP contribution in [0.3, 0.4) is 0 Å². The van der Waals surface area contributed by atoms with E-state index >= 15 is 0 Å². The van der Waals surface area contributed by atoms with Crippen LogP contribution in [0.1, 0.15) is 19.3 Å². The normalized spacial score (nSPS) is 23.9. The highest BCUT2D eigenvalue weighted by Crippen LogP contribution is 2.27. The van der Waals surface area contributed by atoms with Crippen molar-refractivity contribution in [2.75, 3.05) is 31.6 Å². The first kappa shape index (κ1) is 21.4. The molecule has 2 saturated heterocycles. The van der Waals surface area contributed by atoms with Gasteiger partial charge in [0.15, 0.2) is 0 Å². The molecule has 10 nitrogen and oxygen atoms in total. The molecule has 10 heteroatoms. The number of carbonyl (C=O) groups excluding carboxylic acids is 1. The molecule has 1 amide bonds. The average Bonchev–Trinajstić information content (AvgIpc) is 2.72. The van der Waals surface area contributed by atoms with Gasteiger partial charge in [0.05, 0.1) is 43.7 Å². The number of pyridine rings is 1. The Bertz CT molecular complexity index is 710. The Morgan fingerprint density at radius 1 is 1.38 bits per heavy atom. The first-order chi connectivity index (χ1) is 14.1. The molecule has 2 aliphatic rings. The Hall–Kier alpha value is -2.29. The lowest BCUT2D eigenvalue weighted by Crippen LogP contribution is -2.63. The van der Waals surface area contributed by atoms with E-state index < -0.39 is 12.1 Å². The molecule has 1 unspecified atom stereocenters. The molecule has 7 N–H and O–H groups in total. The third-order valence-corrected chi connectivity index (χ3v) is 5.21. The topological polar surface area (TPSA) is 160 Å². The van der Waals surface area contributed by atoms with E-state index in [2.05, 4.69) is 27.0 Å². The van der Waals surface area contributed by atoms with Crippen LogP contribution in [-0.2, 0) is 9.53 Å². The summed E-state index contributed by atoms with van der Waals surface area (Å²) in [7, 11) is 0. The van der Waals surface area contributed by atoms with Crippen molar-refractivity contribution in [3.05, 3.63) is 18.5 Å². The van der Waals surface area contributed by atoms with Gasteiger partial charge in [-0.15, -0.1) is 0 Å². The summed E-state index contributed by atoms with van der Waals surface area (Å²) in [6, 6.07) is 3.89. The zero-order valence-electron chi connectivity index (χ0n) is 16.3. The Balaban J connectivity index is 1.65. The lowest BCUT2D eigenvalue weighted by atomic mass is 9.96. The Labute approximate surface area is 170 Å². The molecule has 0 aliphatic carbocycles. The van der Waals surface area contributed by atoms with Gasteiger partial charge >= 0.3 is 0 Å². The molecule has 158 valence electrons. The van der Waals surface area contributed by atoms with Gasteiger partial charge in [-0.25, -0.2) is 0 Å². The molecule has 29 heavy (non-hydrogen) atoms. The van der Waals surface area contributed by atoms with Gasteiger partial charge in [0, 0.05) is 44.6 Å². The predicted octanol–water partition coefficient (Wildman–Crippen LogP) is -0.514. The SMILES string of the molecule is N#CCC1CNC(C(C(=O)Nc2cnccc2OC2CCOCC2)C(N)N)NC1. The lowest BCUT2D eigenvalue weighted by Gasteiger charge is -2.36. The highest BCUT2D eigenvalue weighted by molar-refractivity contribution is 5.94. The summed E-state index contributed by atoms with van der Waals surface area (Å²) < 4.78 is 11.4. The molecule has 3 rings (SSSR count). The zero-order chi connectivity index (χ0) is 20.6. The molecule has 2 aliphatic heterocycles. The van der Waals surface area contributed by atoms with Crippen LogP contribution in [0.25, 0.3) is 0 Å². The van der Waals surface area contributed by atoms with Crippen molar-refractivity contribution in [3.8, 4) is 11.8 Å². The summed E-state index contributed by atoms with van der Waals surface area (Å²) in [5.74, 6) is -0.294. The van der Waals surface area contributed by atoms with Crippen LogP contribution in [0.4, 0.5) is 5.69 Å². The summed E-state index contributed by atoms with van der Waals surface area (Å²) in [5.41, 5.74) is 12.3. The summed E-state index contributed by atoms with van der Waals surface area (Å²) in [4.78, 5) is 17.1. The smallest absolute Gasteiger partial charge is 0.233 e. The molecule has 0 radical (unpaired) electrons. The number of aromatic nitrogens is 1. The monoisotopic (exact) mass is 403 g/mol. The maximum atomic E-state index is 13.0. The van der Waals surface area contributed by atoms with E-state index in [1.54, 1.807) is 18.5 Å². The molecule has 1 aromatic rings. The first-order valence-electron chi connectivity index (χ1n) is 9.92. The predicted molar refractivity (Wildman–Crippen MR) is 107 cm³/mol. The second-order valence-corrected chi connectivity index (χ2v) is 7.42. The molecular formula is C19H29N7O3. The molecular weight excluding hydrogens is 374 g/mol. The lowest BCUT2D eigenvalue weighted by molar-refractivity contribution is -0.122. The number of anilines is 1. The summed E-state index contributed by atoms with van der Waals surface area (Å²) in [5, 5.41) is 18.2. The van der Waals surface area contributed by atoms with Gasteiger partial charge in [0.2, 0.25) is 5.91 Å². The van der Waals surface area contributed by atoms with Crippen molar-refractivity contribution in [2.45, 2.75) is 37.7 Å². The fraction of sp³-hybridized carbons (Fsp3) is 0.632. The molecule has 0 aromatic carbocycles. The van der Waals surface area contributed by atoms with E-state index in [1.165, 1.54) is 0 Å². The van der Waals surface area contributed by atoms with Crippen molar-refractivity contribution in [3.63, 3.8) is 0 Å². The van der Waals surface area contributed by atoms with E-state index in [0.29, 0.717) is 44.2 Å². The van der Waals surface area contributed by atoms with Crippen molar-refractivity contribution in [1.82, 2.24) is 15.6 Å². The number of nitrogens with two attached hydrogens (primary N) is 2. The van der Waals surface area contributed by atoms with E-state index in [9.17, 15) is 4.79 Å². The number of nitrogens with zero attached hydrogens (tertiary/aromatic N) is 2. The van der Waals surface area contributed by atoms with Gasteiger partial charge in [0.25, 0.3) is 0 Å². The molecule has 0 saturated carbocycles. The highest BCUT2D eigenvalue weighted by Gasteiger charge is 2.35. The standard InChI is InChI=1S/C19H29N7O3/c20-5-1-12-9-24-18(25-10-12)16(17(21)22)19(27)26-14-11-23-6-2-15(14)29-13-3-7-28-8-4-13/h2,6,11-13,16-18,24-25H,1,3-4,7-10,21-22H2,(H,26,27). The van der Waals surface area contributed by atoms with Gasteiger partial charge in [0.1, 0.15) is 17.5 Å². The number of hydrogen-bond donors (Lipinski definition) is 5. The van der Waals surface area contributed by atoms with Gasteiger partial charge in [-0.05, 0) is 5.92 Å². The van der Waals surface area contributed by atoms with Crippen LogP contribution in [-0.4, -0.2) is 55.6 Å². The number of hydrogen-bond acceptors (Lipinski definition) is 9. The molecule has 0 bridgehead atoms. The van der Waals surface area contributed by atoms with Crippen molar-refractivity contribution in [1.29, 1.82) is 5.26 Å². The largest absolute Gasteiger partial charge is 0.488 e. The highest BCUT2D eigenvalue weighted by atomic mass is 16.5. The number of amides is 1. The minimum absolute atomic E-state index is 0.0353. The summed E-state index contributed by atoms with van der Waals surface area (Å²) in [6.45, 7) is 2.56. The first-order valence-corrected chi connectivity index (χ1v) is 9.92. The Kier molecular flexibility index (Phi) is 7.74. The molecule has 1 atom stereocenters. The Morgan fingerprint density at radius 2 is 2.10 bits per heavy atom. The fourth-order valence-electron chi connectivity index (χ4n) is 3.58. The second-order valence-electron chi connectivity index (χ2n) is 7.42. The maximum Gasteiger partial charge on any atom is 0.233 e. The minimum atomic E-state index is -0.871. The number of nitrogens with one attached hydrogen (secondary N) is 3. The van der Waals surface area contributed by atoms with E-state index in [1.807, 2.05) is 0 Å². The van der Waals surface area contributed by atoms with Crippen molar-refractivity contribution >= 4 is 11.6 Å². The van der Waals surface area contributed by atoms with Crippen LogP contribution < -0.4 is 32.2 Å². The van der Waals surface area contributed by atoms with Crippen LogP contribution >= 0.6 is 0 Å².